The van der Waals surface area contributed by atoms with Gasteiger partial charge in [-0.1, -0.05) is 146 Å². The van der Waals surface area contributed by atoms with Crippen molar-refractivity contribution in [2.24, 2.45) is 0 Å². The minimum Gasteiger partial charge on any atom is -0.497 e. The van der Waals surface area contributed by atoms with Gasteiger partial charge < -0.3 is 9.47 Å². The number of ether oxygens (including phenoxy) is 2. The van der Waals surface area contributed by atoms with Gasteiger partial charge in [-0.15, -0.1) is 0 Å². The summed E-state index contributed by atoms with van der Waals surface area (Å²) in [4.78, 5) is 0. The van der Waals surface area contributed by atoms with Gasteiger partial charge >= 0.3 is 0 Å². The van der Waals surface area contributed by atoms with Crippen LogP contribution in [0.1, 0.15) is 22.3 Å². The van der Waals surface area contributed by atoms with E-state index in [1.54, 1.807) is 14.2 Å². The Morgan fingerprint density at radius 2 is 0.644 bits per heavy atom. The summed E-state index contributed by atoms with van der Waals surface area (Å²) in [7, 11) is 0.456. The Kier molecular flexibility index (Phi) is 7.77. The summed E-state index contributed by atoms with van der Waals surface area (Å²) in [5, 5.41) is 5.43. The zero-order chi connectivity index (χ0) is 30.6. The fourth-order valence-electron chi connectivity index (χ4n) is 6.89. The Balaban J connectivity index is 1.74. The maximum atomic E-state index is 5.64. The molecule has 0 bridgehead atoms. The minimum atomic E-state index is -2.99. The summed E-state index contributed by atoms with van der Waals surface area (Å²) >= 11 is 0. The molecule has 0 fully saturated rings. The highest BCUT2D eigenvalue weighted by Crippen LogP contribution is 2.55. The molecule has 1 heterocycles. The molecule has 0 saturated carbocycles. The van der Waals surface area contributed by atoms with Gasteiger partial charge in [-0.3, -0.25) is 0 Å². The lowest BCUT2D eigenvalue weighted by Gasteiger charge is -2.36. The Morgan fingerprint density at radius 1 is 0.333 bits per heavy atom. The van der Waals surface area contributed by atoms with Gasteiger partial charge in [0.25, 0.3) is 0 Å². The SMILES string of the molecule is COc1ccc(C2=C(c3ccccc3)C(c3ccccc3)=C(c3ccc(OC)cc3)[Si]2(c2ccccc2)c2ccccc2)cc1. The van der Waals surface area contributed by atoms with Crippen molar-refractivity contribution in [1.82, 2.24) is 0 Å². The van der Waals surface area contributed by atoms with Gasteiger partial charge in [0.15, 0.2) is 8.07 Å². The van der Waals surface area contributed by atoms with Gasteiger partial charge in [0.2, 0.25) is 0 Å². The quantitative estimate of drug-likeness (QED) is 0.163. The highest BCUT2D eigenvalue weighted by atomic mass is 28.3. The number of methoxy groups -OCH3 is 2. The summed E-state index contributed by atoms with van der Waals surface area (Å²) in [5.41, 5.74) is 7.36. The molecule has 3 heteroatoms. The van der Waals surface area contributed by atoms with Crippen molar-refractivity contribution < 1.29 is 9.47 Å². The number of allylic oxidation sites excluding steroid dienone is 2. The van der Waals surface area contributed by atoms with Crippen molar-refractivity contribution in [1.29, 1.82) is 0 Å². The molecular formula is C42H34O2Si. The van der Waals surface area contributed by atoms with Crippen LogP contribution in [-0.4, -0.2) is 22.3 Å². The molecule has 0 aromatic heterocycles. The molecule has 218 valence electrons. The molecule has 7 rings (SSSR count). The summed E-state index contributed by atoms with van der Waals surface area (Å²) in [5.74, 6) is 1.69. The van der Waals surface area contributed by atoms with E-state index in [4.69, 9.17) is 9.47 Å². The van der Waals surface area contributed by atoms with Crippen LogP contribution in [0.15, 0.2) is 170 Å². The van der Waals surface area contributed by atoms with Crippen LogP contribution in [-0.2, 0) is 0 Å². The number of rotatable bonds is 8. The van der Waals surface area contributed by atoms with Gasteiger partial charge in [0.05, 0.1) is 14.2 Å². The third-order valence-electron chi connectivity index (χ3n) is 8.80. The van der Waals surface area contributed by atoms with Gasteiger partial charge in [-0.25, -0.2) is 0 Å². The van der Waals surface area contributed by atoms with E-state index in [9.17, 15) is 0 Å². The first-order chi connectivity index (χ1) is 22.3. The zero-order valence-corrected chi connectivity index (χ0v) is 26.5. The number of benzene rings is 6. The van der Waals surface area contributed by atoms with Crippen molar-refractivity contribution >= 4 is 40.0 Å². The van der Waals surface area contributed by atoms with Crippen LogP contribution < -0.4 is 19.8 Å². The average Bonchev–Trinajstić information content (AvgIpc) is 3.46. The van der Waals surface area contributed by atoms with Crippen molar-refractivity contribution in [3.63, 3.8) is 0 Å². The van der Waals surface area contributed by atoms with Crippen LogP contribution in [0.25, 0.3) is 21.5 Å². The second kappa shape index (κ2) is 12.3. The largest absolute Gasteiger partial charge is 0.497 e. The molecule has 0 atom stereocenters. The molecule has 1 aliphatic rings. The zero-order valence-electron chi connectivity index (χ0n) is 25.5. The third-order valence-corrected chi connectivity index (χ3v) is 13.8. The monoisotopic (exact) mass is 598 g/mol. The van der Waals surface area contributed by atoms with Crippen LogP contribution >= 0.6 is 0 Å². The van der Waals surface area contributed by atoms with E-state index in [0.717, 1.165) is 11.5 Å². The van der Waals surface area contributed by atoms with E-state index in [1.807, 2.05) is 0 Å². The highest BCUT2D eigenvalue weighted by Gasteiger charge is 2.53. The Morgan fingerprint density at radius 3 is 0.956 bits per heavy atom. The first kappa shape index (κ1) is 28.4. The van der Waals surface area contributed by atoms with Crippen molar-refractivity contribution in [2.45, 2.75) is 0 Å². The molecule has 0 amide bonds. The Labute approximate surface area is 266 Å². The molecule has 6 aromatic carbocycles. The van der Waals surface area contributed by atoms with Crippen LogP contribution in [0.5, 0.6) is 11.5 Å². The third kappa shape index (κ3) is 4.92. The summed E-state index contributed by atoms with van der Waals surface area (Å²) < 4.78 is 11.3. The molecule has 0 N–H and O–H groups in total. The van der Waals surface area contributed by atoms with Gasteiger partial charge in [0, 0.05) is 0 Å². The highest BCUT2D eigenvalue weighted by molar-refractivity contribution is 7.29. The fraction of sp³-hybridized carbons (Fsp3) is 0.0476. The first-order valence-electron chi connectivity index (χ1n) is 15.3. The van der Waals surface area contributed by atoms with Gasteiger partial charge in [0.1, 0.15) is 11.5 Å². The lowest BCUT2D eigenvalue weighted by molar-refractivity contribution is 0.414. The molecule has 0 radical (unpaired) electrons. The van der Waals surface area contributed by atoms with Gasteiger partial charge in [-0.05, 0) is 78.4 Å². The molecule has 0 aliphatic carbocycles. The maximum Gasteiger partial charge on any atom is 0.182 e. The second-order valence-corrected chi connectivity index (χ2v) is 14.8. The molecular weight excluding hydrogens is 565 g/mol. The molecule has 2 nitrogen and oxygen atoms in total. The standard InChI is InChI=1S/C42H34O2Si/c1-43-35-27-23-33(24-28-35)41-39(31-15-7-3-8-16-31)40(32-17-9-4-10-18-32)42(34-25-29-36(44-2)30-26-34)45(41,37-19-11-5-12-20-37)38-21-13-6-14-22-38/h3-30H,1-2H3. The van der Waals surface area contributed by atoms with Crippen LogP contribution in [0.2, 0.25) is 0 Å². The van der Waals surface area contributed by atoms with Crippen molar-refractivity contribution in [3.8, 4) is 11.5 Å². The van der Waals surface area contributed by atoms with Crippen molar-refractivity contribution in [3.05, 3.63) is 192 Å². The van der Waals surface area contributed by atoms with E-state index in [0.29, 0.717) is 0 Å². The summed E-state index contributed by atoms with van der Waals surface area (Å²) in [6.45, 7) is 0. The predicted octanol–water partition coefficient (Wildman–Crippen LogP) is 8.58. The van der Waals surface area contributed by atoms with Crippen LogP contribution in [0.3, 0.4) is 0 Å². The Bertz CT molecular complexity index is 1810. The first-order valence-corrected chi connectivity index (χ1v) is 17.3. The minimum absolute atomic E-state index is 0.844. The van der Waals surface area contributed by atoms with E-state index in [2.05, 4.69) is 170 Å². The maximum absolute atomic E-state index is 5.64. The molecule has 6 aromatic rings. The van der Waals surface area contributed by atoms with E-state index >= 15 is 0 Å². The Hall–Kier alpha value is -5.38. The summed E-state index contributed by atoms with van der Waals surface area (Å²) in [6, 6.07) is 61.5. The number of hydrogen-bond donors (Lipinski definition) is 0. The number of hydrogen-bond acceptors (Lipinski definition) is 2. The average molecular weight is 599 g/mol. The molecule has 0 saturated heterocycles. The van der Waals surface area contributed by atoms with E-state index in [1.165, 1.54) is 54.2 Å². The van der Waals surface area contributed by atoms with Crippen LogP contribution in [0.4, 0.5) is 0 Å². The topological polar surface area (TPSA) is 18.5 Å². The fourth-order valence-corrected chi connectivity index (χ4v) is 12.5. The van der Waals surface area contributed by atoms with Crippen LogP contribution in [0, 0.1) is 0 Å². The normalized spacial score (nSPS) is 14.0. The summed E-state index contributed by atoms with van der Waals surface area (Å²) in [6.07, 6.45) is 0. The molecule has 0 spiro atoms. The molecule has 0 unspecified atom stereocenters. The van der Waals surface area contributed by atoms with E-state index in [-0.39, 0.29) is 0 Å². The second-order valence-electron chi connectivity index (χ2n) is 11.2. The molecule has 1 aliphatic heterocycles. The van der Waals surface area contributed by atoms with Crippen molar-refractivity contribution in [2.75, 3.05) is 14.2 Å². The van der Waals surface area contributed by atoms with Gasteiger partial charge in [-0.2, -0.15) is 0 Å². The lowest BCUT2D eigenvalue weighted by atomic mass is 9.89. The lowest BCUT2D eigenvalue weighted by Crippen LogP contribution is -2.59. The smallest absolute Gasteiger partial charge is 0.182 e. The predicted molar refractivity (Wildman–Crippen MR) is 190 cm³/mol. The molecule has 45 heavy (non-hydrogen) atoms. The van der Waals surface area contributed by atoms with E-state index < -0.39 is 8.07 Å².